The standard InChI is InChI=1S/C23H16F3N3O3/c1-32-22(31)16-9-14(12-2-4-13(5-3-12)20(27)30)8-15(10-16)21-28-18-7-6-17(23(24,25)26)11-19(18)29-21/h2-11H,1H3,(H2,27,30)(H,28,29). The Labute approximate surface area is 179 Å². The van der Waals surface area contributed by atoms with Gasteiger partial charge in [-0.05, 0) is 59.7 Å². The fourth-order valence-electron chi connectivity index (χ4n) is 3.32. The number of alkyl halides is 3. The minimum absolute atomic E-state index is 0.214. The molecule has 4 aromatic rings. The van der Waals surface area contributed by atoms with Crippen LogP contribution in [0.15, 0.2) is 60.7 Å². The van der Waals surface area contributed by atoms with Gasteiger partial charge in [0.05, 0.1) is 29.3 Å². The molecule has 0 atom stereocenters. The fraction of sp³-hybridized carbons (Fsp3) is 0.0870. The maximum Gasteiger partial charge on any atom is 0.416 e. The first-order valence-corrected chi connectivity index (χ1v) is 9.36. The number of benzene rings is 3. The number of aromatic amines is 1. The lowest BCUT2D eigenvalue weighted by atomic mass is 9.98. The van der Waals surface area contributed by atoms with Crippen molar-refractivity contribution in [3.8, 4) is 22.5 Å². The van der Waals surface area contributed by atoms with E-state index in [9.17, 15) is 22.8 Å². The molecule has 0 saturated carbocycles. The van der Waals surface area contributed by atoms with Crippen LogP contribution in [0.2, 0.25) is 0 Å². The van der Waals surface area contributed by atoms with Crippen LogP contribution in [-0.4, -0.2) is 29.0 Å². The summed E-state index contributed by atoms with van der Waals surface area (Å²) in [6.45, 7) is 0. The van der Waals surface area contributed by atoms with E-state index in [1.54, 1.807) is 36.4 Å². The molecule has 0 spiro atoms. The molecule has 1 heterocycles. The molecule has 1 amide bonds. The van der Waals surface area contributed by atoms with Gasteiger partial charge in [0.15, 0.2) is 0 Å². The number of ether oxygens (including phenoxy) is 1. The normalized spacial score (nSPS) is 11.5. The van der Waals surface area contributed by atoms with Crippen LogP contribution >= 0.6 is 0 Å². The summed E-state index contributed by atoms with van der Waals surface area (Å²) in [7, 11) is 1.25. The van der Waals surface area contributed by atoms with E-state index in [1.165, 1.54) is 19.2 Å². The van der Waals surface area contributed by atoms with Crippen LogP contribution < -0.4 is 5.73 Å². The Morgan fingerprint density at radius 3 is 2.22 bits per heavy atom. The van der Waals surface area contributed by atoms with Gasteiger partial charge in [-0.15, -0.1) is 0 Å². The van der Waals surface area contributed by atoms with Gasteiger partial charge in [0.25, 0.3) is 0 Å². The Balaban J connectivity index is 1.83. The molecule has 0 unspecified atom stereocenters. The van der Waals surface area contributed by atoms with E-state index in [1.807, 2.05) is 0 Å². The first-order valence-electron chi connectivity index (χ1n) is 9.36. The molecule has 9 heteroatoms. The fourth-order valence-corrected chi connectivity index (χ4v) is 3.32. The number of hydrogen-bond donors (Lipinski definition) is 2. The predicted octanol–water partition coefficient (Wildman–Crippen LogP) is 4.80. The third kappa shape index (κ3) is 4.04. The van der Waals surface area contributed by atoms with Gasteiger partial charge in [-0.1, -0.05) is 12.1 Å². The van der Waals surface area contributed by atoms with Crippen LogP contribution in [0.4, 0.5) is 13.2 Å². The van der Waals surface area contributed by atoms with Crippen LogP contribution in [0, 0.1) is 0 Å². The Morgan fingerprint density at radius 1 is 0.906 bits per heavy atom. The Kier molecular flexibility index (Phi) is 5.17. The van der Waals surface area contributed by atoms with E-state index >= 15 is 0 Å². The number of aromatic nitrogens is 2. The topological polar surface area (TPSA) is 98.1 Å². The van der Waals surface area contributed by atoms with Crippen LogP contribution in [0.3, 0.4) is 0 Å². The molecule has 3 N–H and O–H groups in total. The van der Waals surface area contributed by atoms with E-state index in [0.717, 1.165) is 12.1 Å². The maximum atomic E-state index is 13.0. The van der Waals surface area contributed by atoms with Crippen molar-refractivity contribution in [2.24, 2.45) is 5.73 Å². The minimum atomic E-state index is -4.48. The molecule has 0 radical (unpaired) electrons. The van der Waals surface area contributed by atoms with Gasteiger partial charge < -0.3 is 15.5 Å². The summed E-state index contributed by atoms with van der Waals surface area (Å²) in [5, 5.41) is 0. The molecule has 0 bridgehead atoms. The molecule has 32 heavy (non-hydrogen) atoms. The highest BCUT2D eigenvalue weighted by Crippen LogP contribution is 2.33. The highest BCUT2D eigenvalue weighted by Gasteiger charge is 2.30. The summed E-state index contributed by atoms with van der Waals surface area (Å²) in [6, 6.07) is 14.6. The summed E-state index contributed by atoms with van der Waals surface area (Å²) in [5.74, 6) is -0.863. The smallest absolute Gasteiger partial charge is 0.416 e. The first-order chi connectivity index (χ1) is 15.2. The third-order valence-electron chi connectivity index (χ3n) is 4.94. The average molecular weight is 439 g/mol. The maximum absolute atomic E-state index is 13.0. The van der Waals surface area contributed by atoms with Crippen LogP contribution in [0.5, 0.6) is 0 Å². The molecule has 0 fully saturated rings. The number of H-pyrrole nitrogens is 1. The third-order valence-corrected chi connectivity index (χ3v) is 4.94. The first kappa shape index (κ1) is 21.1. The molecule has 0 saturated heterocycles. The number of carbonyl (C=O) groups is 2. The number of primary amides is 1. The number of fused-ring (bicyclic) bond motifs is 1. The van der Waals surface area contributed by atoms with Crippen molar-refractivity contribution < 1.29 is 27.5 Å². The molecule has 0 aliphatic carbocycles. The molecule has 1 aromatic heterocycles. The predicted molar refractivity (Wildman–Crippen MR) is 112 cm³/mol. The van der Waals surface area contributed by atoms with Crippen LogP contribution in [-0.2, 0) is 10.9 Å². The highest BCUT2D eigenvalue weighted by molar-refractivity contribution is 5.95. The zero-order valence-corrected chi connectivity index (χ0v) is 16.7. The summed E-state index contributed by atoms with van der Waals surface area (Å²) < 4.78 is 43.9. The number of rotatable bonds is 4. The average Bonchev–Trinajstić information content (AvgIpc) is 3.21. The zero-order valence-electron chi connectivity index (χ0n) is 16.7. The van der Waals surface area contributed by atoms with Gasteiger partial charge >= 0.3 is 12.1 Å². The largest absolute Gasteiger partial charge is 0.465 e. The zero-order chi connectivity index (χ0) is 23.0. The van der Waals surface area contributed by atoms with Crippen molar-refractivity contribution in [1.82, 2.24) is 9.97 Å². The molecule has 162 valence electrons. The monoisotopic (exact) mass is 439 g/mol. The van der Waals surface area contributed by atoms with Crippen molar-refractivity contribution >= 4 is 22.9 Å². The van der Waals surface area contributed by atoms with Gasteiger partial charge in [0.2, 0.25) is 5.91 Å². The van der Waals surface area contributed by atoms with Crippen LogP contribution in [0.1, 0.15) is 26.3 Å². The molecule has 3 aromatic carbocycles. The van der Waals surface area contributed by atoms with Crippen molar-refractivity contribution in [1.29, 1.82) is 0 Å². The lowest BCUT2D eigenvalue weighted by Crippen LogP contribution is -2.10. The molecular formula is C23H16F3N3O3. The summed E-state index contributed by atoms with van der Waals surface area (Å²) in [4.78, 5) is 30.8. The second kappa shape index (κ2) is 7.84. The second-order valence-corrected chi connectivity index (χ2v) is 7.05. The van der Waals surface area contributed by atoms with Crippen LogP contribution in [0.25, 0.3) is 33.5 Å². The lowest BCUT2D eigenvalue weighted by Gasteiger charge is -2.09. The number of hydrogen-bond acceptors (Lipinski definition) is 4. The molecule has 4 rings (SSSR count). The summed E-state index contributed by atoms with van der Waals surface area (Å²) in [5.41, 5.74) is 7.40. The van der Waals surface area contributed by atoms with E-state index in [-0.39, 0.29) is 11.1 Å². The molecule has 6 nitrogen and oxygen atoms in total. The van der Waals surface area contributed by atoms with Gasteiger partial charge in [0, 0.05) is 11.1 Å². The van der Waals surface area contributed by atoms with E-state index in [0.29, 0.717) is 33.6 Å². The minimum Gasteiger partial charge on any atom is -0.465 e. The second-order valence-electron chi connectivity index (χ2n) is 7.05. The van der Waals surface area contributed by atoms with Crippen molar-refractivity contribution in [2.75, 3.05) is 7.11 Å². The number of amides is 1. The van der Waals surface area contributed by atoms with Crippen molar-refractivity contribution in [2.45, 2.75) is 6.18 Å². The summed E-state index contributed by atoms with van der Waals surface area (Å²) in [6.07, 6.45) is -4.48. The Morgan fingerprint density at radius 2 is 1.59 bits per heavy atom. The number of nitrogens with zero attached hydrogens (tertiary/aromatic N) is 1. The Bertz CT molecular complexity index is 1340. The number of carbonyl (C=O) groups excluding carboxylic acids is 2. The highest BCUT2D eigenvalue weighted by atomic mass is 19.4. The summed E-state index contributed by atoms with van der Waals surface area (Å²) >= 11 is 0. The Hall–Kier alpha value is -4.14. The quantitative estimate of drug-likeness (QED) is 0.446. The van der Waals surface area contributed by atoms with Gasteiger partial charge in [-0.25, -0.2) is 9.78 Å². The molecule has 0 aliphatic rings. The van der Waals surface area contributed by atoms with Crippen molar-refractivity contribution in [3.05, 3.63) is 77.4 Å². The SMILES string of the molecule is COC(=O)c1cc(-c2ccc(C(N)=O)cc2)cc(-c2nc3ccc(C(F)(F)F)cc3[nH]2)c1. The molecular weight excluding hydrogens is 423 g/mol. The number of esters is 1. The van der Waals surface area contributed by atoms with E-state index in [4.69, 9.17) is 10.5 Å². The van der Waals surface area contributed by atoms with E-state index < -0.39 is 23.6 Å². The number of nitrogens with two attached hydrogens (primary N) is 1. The molecule has 0 aliphatic heterocycles. The van der Waals surface area contributed by atoms with Gasteiger partial charge in [-0.3, -0.25) is 4.79 Å². The number of halogens is 3. The lowest BCUT2D eigenvalue weighted by molar-refractivity contribution is -0.137. The number of imidazole rings is 1. The van der Waals surface area contributed by atoms with Crippen molar-refractivity contribution in [3.63, 3.8) is 0 Å². The van der Waals surface area contributed by atoms with E-state index in [2.05, 4.69) is 9.97 Å². The number of nitrogens with one attached hydrogen (secondary N) is 1. The van der Waals surface area contributed by atoms with Gasteiger partial charge in [-0.2, -0.15) is 13.2 Å². The number of methoxy groups -OCH3 is 1. The van der Waals surface area contributed by atoms with Gasteiger partial charge in [0.1, 0.15) is 5.82 Å².